The normalized spacial score (nSPS) is 11.2. The lowest BCUT2D eigenvalue weighted by atomic mass is 9.93. The topological polar surface area (TPSA) is 80.9 Å². The van der Waals surface area contributed by atoms with Crippen LogP contribution in [-0.4, -0.2) is 20.9 Å². The van der Waals surface area contributed by atoms with Crippen molar-refractivity contribution in [2.24, 2.45) is 5.73 Å². The fourth-order valence-electron chi connectivity index (χ4n) is 1.51. The number of thiocarbonyl (C=S) groups is 1. The van der Waals surface area contributed by atoms with Gasteiger partial charge < -0.3 is 5.73 Å². The minimum absolute atomic E-state index is 0.0454. The van der Waals surface area contributed by atoms with Crippen LogP contribution in [0, 0.1) is 0 Å². The molecule has 2 heterocycles. The maximum absolute atomic E-state index is 12.1. The number of rotatable bonds is 3. The van der Waals surface area contributed by atoms with Gasteiger partial charge in [0.15, 0.2) is 5.13 Å². The van der Waals surface area contributed by atoms with E-state index in [1.807, 2.05) is 5.38 Å². The van der Waals surface area contributed by atoms with Gasteiger partial charge in [-0.2, -0.15) is 0 Å². The van der Waals surface area contributed by atoms with E-state index in [1.165, 1.54) is 17.5 Å². The summed E-state index contributed by atoms with van der Waals surface area (Å²) in [5.41, 5.74) is 7.31. The third kappa shape index (κ3) is 3.83. The summed E-state index contributed by atoms with van der Waals surface area (Å²) < 4.78 is 0. The summed E-state index contributed by atoms with van der Waals surface area (Å²) in [7, 11) is 0. The summed E-state index contributed by atoms with van der Waals surface area (Å²) in [5.74, 6) is -0.306. The Balaban J connectivity index is 2.11. The van der Waals surface area contributed by atoms with Crippen molar-refractivity contribution in [1.82, 2.24) is 9.97 Å². The molecule has 2 aromatic rings. The SMILES string of the molecule is CC(C)(C)c1csc(NC(=O)c2ccc(C(N)=S)cn2)n1. The van der Waals surface area contributed by atoms with Crippen molar-refractivity contribution >= 4 is 39.6 Å². The number of pyridine rings is 1. The quantitative estimate of drug-likeness (QED) is 0.850. The van der Waals surface area contributed by atoms with Gasteiger partial charge in [0.05, 0.1) is 5.69 Å². The largest absolute Gasteiger partial charge is 0.389 e. The summed E-state index contributed by atoms with van der Waals surface area (Å²) >= 11 is 6.24. The van der Waals surface area contributed by atoms with Crippen LogP contribution in [0.25, 0.3) is 0 Å². The molecule has 2 aromatic heterocycles. The van der Waals surface area contributed by atoms with Crippen molar-refractivity contribution in [2.75, 3.05) is 5.32 Å². The first-order valence-corrected chi connectivity index (χ1v) is 7.59. The molecule has 21 heavy (non-hydrogen) atoms. The van der Waals surface area contributed by atoms with Gasteiger partial charge in [0.2, 0.25) is 0 Å². The third-order valence-corrected chi connectivity index (χ3v) is 3.77. The lowest BCUT2D eigenvalue weighted by Gasteiger charge is -2.14. The Morgan fingerprint density at radius 3 is 2.57 bits per heavy atom. The summed E-state index contributed by atoms with van der Waals surface area (Å²) in [6.07, 6.45) is 1.49. The third-order valence-electron chi connectivity index (χ3n) is 2.77. The maximum Gasteiger partial charge on any atom is 0.276 e. The molecule has 0 atom stereocenters. The van der Waals surface area contributed by atoms with Gasteiger partial charge in [-0.05, 0) is 12.1 Å². The van der Waals surface area contributed by atoms with Gasteiger partial charge >= 0.3 is 0 Å². The number of nitrogens with zero attached hydrogens (tertiary/aromatic N) is 2. The lowest BCUT2D eigenvalue weighted by molar-refractivity contribution is 0.102. The van der Waals surface area contributed by atoms with Crippen LogP contribution < -0.4 is 11.1 Å². The van der Waals surface area contributed by atoms with E-state index in [0.29, 0.717) is 16.4 Å². The van der Waals surface area contributed by atoms with E-state index in [4.69, 9.17) is 18.0 Å². The average molecular weight is 320 g/mol. The van der Waals surface area contributed by atoms with Crippen LogP contribution in [0.15, 0.2) is 23.7 Å². The van der Waals surface area contributed by atoms with Crippen LogP contribution >= 0.6 is 23.6 Å². The predicted octanol–water partition coefficient (Wildman–Crippen LogP) is 2.72. The summed E-state index contributed by atoms with van der Waals surface area (Å²) in [4.78, 5) is 20.8. The summed E-state index contributed by atoms with van der Waals surface area (Å²) in [5, 5.41) is 5.25. The van der Waals surface area contributed by atoms with Crippen molar-refractivity contribution in [3.05, 3.63) is 40.7 Å². The van der Waals surface area contributed by atoms with Gasteiger partial charge in [-0.1, -0.05) is 33.0 Å². The highest BCUT2D eigenvalue weighted by atomic mass is 32.1. The Kier molecular flexibility index (Phi) is 4.34. The minimum atomic E-state index is -0.306. The molecule has 2 rings (SSSR count). The molecule has 3 N–H and O–H groups in total. The van der Waals surface area contributed by atoms with Crippen LogP contribution in [0.4, 0.5) is 5.13 Å². The zero-order valence-corrected chi connectivity index (χ0v) is 13.6. The van der Waals surface area contributed by atoms with E-state index < -0.39 is 0 Å². The van der Waals surface area contributed by atoms with Crippen LogP contribution in [0.3, 0.4) is 0 Å². The second-order valence-corrected chi connectivity index (χ2v) is 6.84. The number of amides is 1. The highest BCUT2D eigenvalue weighted by Crippen LogP contribution is 2.26. The molecule has 110 valence electrons. The van der Waals surface area contributed by atoms with Gasteiger partial charge in [-0.25, -0.2) is 4.98 Å². The number of nitrogens with one attached hydrogen (secondary N) is 1. The van der Waals surface area contributed by atoms with E-state index in [-0.39, 0.29) is 16.3 Å². The van der Waals surface area contributed by atoms with Crippen LogP contribution in [-0.2, 0) is 5.41 Å². The smallest absolute Gasteiger partial charge is 0.276 e. The van der Waals surface area contributed by atoms with Crippen LogP contribution in [0.5, 0.6) is 0 Å². The Morgan fingerprint density at radius 2 is 2.10 bits per heavy atom. The molecule has 1 amide bonds. The van der Waals surface area contributed by atoms with Crippen molar-refractivity contribution in [2.45, 2.75) is 26.2 Å². The van der Waals surface area contributed by atoms with Gasteiger partial charge in [-0.15, -0.1) is 11.3 Å². The van der Waals surface area contributed by atoms with Gasteiger partial charge in [0, 0.05) is 22.6 Å². The Labute approximate surface area is 132 Å². The van der Waals surface area contributed by atoms with Crippen molar-refractivity contribution in [3.63, 3.8) is 0 Å². The number of carbonyl (C=O) groups excluding carboxylic acids is 1. The van der Waals surface area contributed by atoms with E-state index >= 15 is 0 Å². The number of anilines is 1. The van der Waals surface area contributed by atoms with Crippen molar-refractivity contribution in [3.8, 4) is 0 Å². The second kappa shape index (κ2) is 5.87. The minimum Gasteiger partial charge on any atom is -0.389 e. The molecule has 5 nitrogen and oxygen atoms in total. The number of thiazole rings is 1. The number of nitrogens with two attached hydrogens (primary N) is 1. The highest BCUT2D eigenvalue weighted by Gasteiger charge is 2.18. The van der Waals surface area contributed by atoms with Crippen molar-refractivity contribution in [1.29, 1.82) is 0 Å². The Bertz CT molecular complexity index is 671. The number of aromatic nitrogens is 2. The van der Waals surface area contributed by atoms with Crippen LogP contribution in [0.2, 0.25) is 0 Å². The average Bonchev–Trinajstić information content (AvgIpc) is 2.87. The molecule has 0 aliphatic heterocycles. The first kappa shape index (κ1) is 15.5. The number of carbonyl (C=O) groups is 1. The van der Waals surface area contributed by atoms with Gasteiger partial charge in [0.25, 0.3) is 5.91 Å². The first-order valence-electron chi connectivity index (χ1n) is 6.30. The predicted molar refractivity (Wildman–Crippen MR) is 88.9 cm³/mol. The van der Waals surface area contributed by atoms with Crippen molar-refractivity contribution < 1.29 is 4.79 Å². The van der Waals surface area contributed by atoms with Crippen LogP contribution in [0.1, 0.15) is 42.5 Å². The van der Waals surface area contributed by atoms with E-state index in [2.05, 4.69) is 36.1 Å². The van der Waals surface area contributed by atoms with E-state index in [0.717, 1.165) is 5.69 Å². The highest BCUT2D eigenvalue weighted by molar-refractivity contribution is 7.80. The Morgan fingerprint density at radius 1 is 1.38 bits per heavy atom. The zero-order chi connectivity index (χ0) is 15.6. The number of hydrogen-bond donors (Lipinski definition) is 2. The fraction of sp³-hybridized carbons (Fsp3) is 0.286. The summed E-state index contributed by atoms with van der Waals surface area (Å²) in [6, 6.07) is 3.26. The molecule has 0 unspecified atom stereocenters. The molecular formula is C14H16N4OS2. The molecular weight excluding hydrogens is 304 g/mol. The maximum atomic E-state index is 12.1. The molecule has 0 spiro atoms. The standard InChI is InChI=1S/C14H16N4OS2/c1-14(2,3)10-7-21-13(17-10)18-12(19)9-5-4-8(6-16-9)11(15)20/h4-7H,1-3H3,(H2,15,20)(H,17,18,19). The fourth-order valence-corrected chi connectivity index (χ4v) is 2.56. The number of hydrogen-bond acceptors (Lipinski definition) is 5. The molecule has 0 aliphatic carbocycles. The monoisotopic (exact) mass is 320 g/mol. The van der Waals surface area contributed by atoms with E-state index in [1.54, 1.807) is 12.1 Å². The van der Waals surface area contributed by atoms with E-state index in [9.17, 15) is 4.79 Å². The molecule has 0 saturated carbocycles. The van der Waals surface area contributed by atoms with Gasteiger partial charge in [0.1, 0.15) is 10.7 Å². The molecule has 0 radical (unpaired) electrons. The Hall–Kier alpha value is -1.86. The molecule has 7 heteroatoms. The molecule has 0 aliphatic rings. The first-order chi connectivity index (χ1) is 9.77. The molecule has 0 bridgehead atoms. The second-order valence-electron chi connectivity index (χ2n) is 5.54. The lowest BCUT2D eigenvalue weighted by Crippen LogP contribution is -2.16. The molecule has 0 aromatic carbocycles. The zero-order valence-electron chi connectivity index (χ0n) is 12.0. The van der Waals surface area contributed by atoms with Gasteiger partial charge in [-0.3, -0.25) is 15.1 Å². The molecule has 0 saturated heterocycles. The summed E-state index contributed by atoms with van der Waals surface area (Å²) in [6.45, 7) is 6.22. The molecule has 0 fully saturated rings.